The summed E-state index contributed by atoms with van der Waals surface area (Å²) in [6.07, 6.45) is 5.42. The summed E-state index contributed by atoms with van der Waals surface area (Å²) < 4.78 is 39.3. The van der Waals surface area contributed by atoms with Gasteiger partial charge in [-0.1, -0.05) is 56.4 Å². The molecule has 4 rings (SSSR count). The summed E-state index contributed by atoms with van der Waals surface area (Å²) in [5, 5.41) is 5.31. The normalized spacial score (nSPS) is 15.4. The summed E-state index contributed by atoms with van der Waals surface area (Å²) in [5.41, 5.74) is 11.5. The summed E-state index contributed by atoms with van der Waals surface area (Å²) in [7, 11) is -2.73. The van der Waals surface area contributed by atoms with Crippen LogP contribution in [0.3, 0.4) is 0 Å². The summed E-state index contributed by atoms with van der Waals surface area (Å²) in [5.74, 6) is -1.83. The predicted octanol–water partition coefficient (Wildman–Crippen LogP) is 0.915. The number of nitrogens with one attached hydrogen (secondary N) is 3. The number of hydrogen-bond acceptors (Lipinski definition) is 9. The Balaban J connectivity index is 1.41. The van der Waals surface area contributed by atoms with Crippen molar-refractivity contribution in [1.29, 1.82) is 0 Å². The lowest BCUT2D eigenvalue weighted by Gasteiger charge is -2.28. The molecule has 2 atom stereocenters. The summed E-state index contributed by atoms with van der Waals surface area (Å²) in [6, 6.07) is 10.4. The van der Waals surface area contributed by atoms with E-state index in [1.165, 1.54) is 19.2 Å². The highest BCUT2D eigenvalue weighted by molar-refractivity contribution is 7.89. The summed E-state index contributed by atoms with van der Waals surface area (Å²) in [4.78, 5) is 58.2. The number of fused-ring (bicyclic) bond motifs is 1. The first-order valence-corrected chi connectivity index (χ1v) is 17.8. The van der Waals surface area contributed by atoms with E-state index in [-0.39, 0.29) is 55.9 Å². The number of likely N-dealkylation sites (N-methyl/N-ethyl adjacent to an activating group) is 1. The fourth-order valence-corrected chi connectivity index (χ4v) is 7.10. The molecule has 16 heteroatoms. The third kappa shape index (κ3) is 11.2. The lowest BCUT2D eigenvalue weighted by Crippen LogP contribution is -2.53. The number of nitrogens with zero attached hydrogens (tertiary/aromatic N) is 2. The Hall–Kier alpha value is -4.70. The van der Waals surface area contributed by atoms with E-state index in [1.54, 1.807) is 36.4 Å². The number of ketones is 1. The Bertz CT molecular complexity index is 1610. The quantitative estimate of drug-likeness (QED) is 0.0679. The molecule has 49 heavy (non-hydrogen) atoms. The number of guanidine groups is 1. The number of carbonyl (C=O) groups is 4. The highest BCUT2D eigenvalue weighted by Crippen LogP contribution is 2.32. The number of nitrogens with two attached hydrogens (primary N) is 2. The monoisotopic (exact) mass is 699 g/mol. The molecule has 1 aliphatic heterocycles. The van der Waals surface area contributed by atoms with E-state index >= 15 is 0 Å². The van der Waals surface area contributed by atoms with Crippen molar-refractivity contribution in [2.75, 3.05) is 26.9 Å². The second-order valence-electron chi connectivity index (χ2n) is 12.2. The highest BCUT2D eigenvalue weighted by Gasteiger charge is 2.32. The van der Waals surface area contributed by atoms with Crippen LogP contribution in [0.15, 0.2) is 58.4 Å². The second kappa shape index (κ2) is 17.6. The Kier molecular flexibility index (Phi) is 13.4. The third-order valence-corrected chi connectivity index (χ3v) is 9.90. The van der Waals surface area contributed by atoms with E-state index in [1.807, 2.05) is 0 Å². The van der Waals surface area contributed by atoms with Gasteiger partial charge in [-0.2, -0.15) is 4.72 Å². The van der Waals surface area contributed by atoms with E-state index in [0.717, 1.165) is 37.0 Å². The molecule has 0 bridgehead atoms. The first-order chi connectivity index (χ1) is 23.4. The fraction of sp³-hybridized carbons (Fsp3) is 0.485. The van der Waals surface area contributed by atoms with Crippen LogP contribution in [0.5, 0.6) is 11.5 Å². The molecule has 7 N–H and O–H groups in total. The molecule has 1 heterocycles. The van der Waals surface area contributed by atoms with Crippen molar-refractivity contribution < 1.29 is 37.1 Å². The molecule has 266 valence electrons. The minimum Gasteiger partial charge on any atom is -0.454 e. The maximum atomic E-state index is 13.5. The van der Waals surface area contributed by atoms with Crippen LogP contribution in [-0.4, -0.2) is 81.8 Å². The smallest absolute Gasteiger partial charge is 0.289 e. The molecule has 2 aliphatic rings. The van der Waals surface area contributed by atoms with Crippen LogP contribution in [0.1, 0.15) is 56.9 Å². The fourth-order valence-electron chi connectivity index (χ4n) is 5.86. The largest absolute Gasteiger partial charge is 0.454 e. The van der Waals surface area contributed by atoms with Gasteiger partial charge in [0.25, 0.3) is 5.91 Å². The standard InChI is InChI=1S/C33H45N7O8S/c1-40(32(44)25(13-8-16-36-33(34)35)39-49(45,46)24-11-6-3-7-12-24)20-29(41)38-26(17-22-9-4-2-5-10-22)30(42)31(43)37-19-23-14-15-27-28(18-23)48-21-47-27/h3,6-7,11-12,14-15,18,22,25-26,39H,2,4-5,8-10,13,16-17,19-21H2,1H3,(H,37,43)(H,38,41)(H4,34,35,36)/t25-,26+/m1/s1. The van der Waals surface area contributed by atoms with Crippen LogP contribution in [0.4, 0.5) is 0 Å². The van der Waals surface area contributed by atoms with Gasteiger partial charge in [-0.05, 0) is 55.0 Å². The van der Waals surface area contributed by atoms with Gasteiger partial charge in [-0.25, -0.2) is 8.42 Å². The van der Waals surface area contributed by atoms with Crippen LogP contribution >= 0.6 is 0 Å². The Morgan fingerprint density at radius 3 is 2.41 bits per heavy atom. The minimum absolute atomic E-state index is 0.0294. The molecule has 0 radical (unpaired) electrons. The summed E-state index contributed by atoms with van der Waals surface area (Å²) >= 11 is 0. The number of carbonyl (C=O) groups excluding carboxylic acids is 4. The van der Waals surface area contributed by atoms with Crippen LogP contribution < -0.4 is 36.3 Å². The summed E-state index contributed by atoms with van der Waals surface area (Å²) in [6.45, 7) is -0.156. The second-order valence-corrected chi connectivity index (χ2v) is 13.9. The van der Waals surface area contributed by atoms with Gasteiger partial charge in [0.05, 0.1) is 17.5 Å². The van der Waals surface area contributed by atoms with Crippen LogP contribution in [0.2, 0.25) is 0 Å². The topological polar surface area (TPSA) is 225 Å². The van der Waals surface area contributed by atoms with Crippen LogP contribution in [0.25, 0.3) is 0 Å². The van der Waals surface area contributed by atoms with Gasteiger partial charge in [0, 0.05) is 20.1 Å². The molecular weight excluding hydrogens is 654 g/mol. The molecule has 0 unspecified atom stereocenters. The van der Waals surface area contributed by atoms with Crippen molar-refractivity contribution in [2.24, 2.45) is 22.4 Å². The first-order valence-electron chi connectivity index (χ1n) is 16.3. The number of amides is 3. The van der Waals surface area contributed by atoms with Gasteiger partial charge in [-0.3, -0.25) is 24.2 Å². The third-order valence-electron chi connectivity index (χ3n) is 8.41. The van der Waals surface area contributed by atoms with Crippen molar-refractivity contribution in [3.05, 3.63) is 54.1 Å². The van der Waals surface area contributed by atoms with Gasteiger partial charge in [0.2, 0.25) is 34.4 Å². The van der Waals surface area contributed by atoms with Gasteiger partial charge < -0.3 is 36.5 Å². The van der Waals surface area contributed by atoms with Crippen molar-refractivity contribution in [2.45, 2.75) is 74.9 Å². The molecule has 0 saturated heterocycles. The Labute approximate surface area is 286 Å². The maximum Gasteiger partial charge on any atom is 0.289 e. The molecule has 3 amide bonds. The average Bonchev–Trinajstić information content (AvgIpc) is 3.56. The molecule has 1 saturated carbocycles. The predicted molar refractivity (Wildman–Crippen MR) is 181 cm³/mol. The zero-order valence-corrected chi connectivity index (χ0v) is 28.4. The minimum atomic E-state index is -4.09. The van der Waals surface area contributed by atoms with E-state index in [9.17, 15) is 27.6 Å². The lowest BCUT2D eigenvalue weighted by atomic mass is 9.84. The average molecular weight is 700 g/mol. The van der Waals surface area contributed by atoms with E-state index in [2.05, 4.69) is 20.3 Å². The Morgan fingerprint density at radius 1 is 0.980 bits per heavy atom. The highest BCUT2D eigenvalue weighted by atomic mass is 32.2. The molecule has 1 aliphatic carbocycles. The van der Waals surface area contributed by atoms with Gasteiger partial charge in [-0.15, -0.1) is 0 Å². The van der Waals surface area contributed by atoms with Crippen LogP contribution in [-0.2, 0) is 35.7 Å². The zero-order valence-electron chi connectivity index (χ0n) is 27.6. The van der Waals surface area contributed by atoms with Crippen molar-refractivity contribution in [3.8, 4) is 11.5 Å². The van der Waals surface area contributed by atoms with Gasteiger partial charge >= 0.3 is 0 Å². The number of Topliss-reactive ketones (excluding diaryl/α,β-unsaturated/α-hetero) is 1. The number of aliphatic imine (C=N–C) groups is 1. The molecule has 1 fully saturated rings. The van der Waals surface area contributed by atoms with Crippen molar-refractivity contribution >= 4 is 39.5 Å². The maximum absolute atomic E-state index is 13.5. The molecule has 2 aromatic carbocycles. The lowest BCUT2D eigenvalue weighted by molar-refractivity contribution is -0.141. The van der Waals surface area contributed by atoms with E-state index in [4.69, 9.17) is 20.9 Å². The van der Waals surface area contributed by atoms with Gasteiger partial charge in [0.1, 0.15) is 6.04 Å². The molecule has 15 nitrogen and oxygen atoms in total. The van der Waals surface area contributed by atoms with E-state index < -0.39 is 52.2 Å². The number of benzene rings is 2. The number of hydrogen-bond donors (Lipinski definition) is 5. The molecular formula is C33H45N7O8S. The number of sulfonamides is 1. The Morgan fingerprint density at radius 2 is 1.69 bits per heavy atom. The van der Waals surface area contributed by atoms with Crippen molar-refractivity contribution in [1.82, 2.24) is 20.3 Å². The van der Waals surface area contributed by atoms with Gasteiger partial charge in [0.15, 0.2) is 17.5 Å². The molecule has 0 aromatic heterocycles. The van der Waals surface area contributed by atoms with Crippen LogP contribution in [0, 0.1) is 5.92 Å². The van der Waals surface area contributed by atoms with E-state index in [0.29, 0.717) is 17.1 Å². The molecule has 0 spiro atoms. The number of ether oxygens (including phenoxy) is 2. The first kappa shape index (κ1) is 37.1. The van der Waals surface area contributed by atoms with Crippen molar-refractivity contribution in [3.63, 3.8) is 0 Å². The molecule has 2 aromatic rings. The SMILES string of the molecule is CN(CC(=O)N[C@@H](CC1CCCCC1)C(=O)C(=O)NCc1ccc2c(c1)OCO2)C(=O)[C@@H](CCCN=C(N)N)NS(=O)(=O)c1ccccc1. The zero-order chi connectivity index (χ0) is 35.4. The number of rotatable bonds is 17.